The maximum Gasteiger partial charge on any atom is 0.278 e. The Kier molecular flexibility index (Phi) is 4.83. The third-order valence-corrected chi connectivity index (χ3v) is 4.64. The van der Waals surface area contributed by atoms with Gasteiger partial charge in [0.05, 0.1) is 0 Å². The van der Waals surface area contributed by atoms with Gasteiger partial charge in [0.2, 0.25) is 0 Å². The summed E-state index contributed by atoms with van der Waals surface area (Å²) in [5, 5.41) is 0.215. The van der Waals surface area contributed by atoms with Crippen LogP contribution < -0.4 is 4.72 Å². The van der Waals surface area contributed by atoms with Gasteiger partial charge in [0.15, 0.2) is 0 Å². The van der Waals surface area contributed by atoms with Crippen LogP contribution >= 0.6 is 11.6 Å². The Balaban J connectivity index is 2.37. The molecule has 90 valence electrons. The topological polar surface area (TPSA) is 49.4 Å². The molecule has 0 heterocycles. The molecule has 0 aromatic heterocycles. The first-order valence-electron chi connectivity index (χ1n) is 5.23. The van der Waals surface area contributed by atoms with Gasteiger partial charge in [-0.3, -0.25) is 0 Å². The van der Waals surface area contributed by atoms with Crippen molar-refractivity contribution in [1.29, 1.82) is 0 Å². The van der Waals surface area contributed by atoms with Crippen molar-refractivity contribution >= 4 is 21.8 Å². The number of hydrogen-bond donors (Lipinski definition) is 1. The van der Waals surface area contributed by atoms with Crippen molar-refractivity contribution in [3.63, 3.8) is 0 Å². The number of alkyl halides is 1. The summed E-state index contributed by atoms with van der Waals surface area (Å²) < 4.78 is 26.6. The summed E-state index contributed by atoms with van der Waals surface area (Å²) in [4.78, 5) is 0. The lowest BCUT2D eigenvalue weighted by Crippen LogP contribution is -2.39. The van der Waals surface area contributed by atoms with Gasteiger partial charge in [-0.2, -0.15) is 12.7 Å². The summed E-state index contributed by atoms with van der Waals surface area (Å²) in [7, 11) is -0.232. The minimum absolute atomic E-state index is 0.215. The largest absolute Gasteiger partial charge is 0.278 e. The monoisotopic (exact) mass is 254 g/mol. The highest BCUT2D eigenvalue weighted by Gasteiger charge is 2.22. The predicted molar refractivity (Wildman–Crippen MR) is 62.2 cm³/mol. The number of nitrogens with zero attached hydrogens (tertiary/aromatic N) is 1. The number of hydrogen-bond acceptors (Lipinski definition) is 2. The molecule has 1 aliphatic carbocycles. The van der Waals surface area contributed by atoms with Crippen LogP contribution in [0.25, 0.3) is 0 Å². The number of rotatable bonds is 4. The van der Waals surface area contributed by atoms with Crippen molar-refractivity contribution in [2.45, 2.75) is 31.1 Å². The normalized spacial score (nSPS) is 28.3. The fourth-order valence-electron chi connectivity index (χ4n) is 1.76. The quantitative estimate of drug-likeness (QED) is 0.766. The average Bonchev–Trinajstić information content (AvgIpc) is 2.15. The minimum Gasteiger partial charge on any atom is -0.202 e. The van der Waals surface area contributed by atoms with Crippen LogP contribution in [0.15, 0.2) is 0 Å². The molecule has 6 heteroatoms. The van der Waals surface area contributed by atoms with Crippen LogP contribution in [0.1, 0.15) is 25.7 Å². The third kappa shape index (κ3) is 4.26. The van der Waals surface area contributed by atoms with Crippen molar-refractivity contribution in [3.8, 4) is 0 Å². The van der Waals surface area contributed by atoms with Crippen molar-refractivity contribution in [2.24, 2.45) is 5.92 Å². The lowest BCUT2D eigenvalue weighted by atomic mass is 9.89. The van der Waals surface area contributed by atoms with E-state index >= 15 is 0 Å². The maximum atomic E-state index is 11.4. The molecular weight excluding hydrogens is 236 g/mol. The van der Waals surface area contributed by atoms with E-state index in [2.05, 4.69) is 4.72 Å². The second kappa shape index (κ2) is 5.48. The van der Waals surface area contributed by atoms with E-state index in [4.69, 9.17) is 11.6 Å². The lowest BCUT2D eigenvalue weighted by Gasteiger charge is -2.26. The van der Waals surface area contributed by atoms with Crippen LogP contribution in [-0.4, -0.2) is 38.7 Å². The summed E-state index contributed by atoms with van der Waals surface area (Å²) in [6.07, 6.45) is 4.14. The molecule has 0 aromatic rings. The summed E-state index contributed by atoms with van der Waals surface area (Å²) in [6.45, 7) is 0.504. The molecule has 0 saturated heterocycles. The second-order valence-electron chi connectivity index (χ2n) is 4.27. The molecule has 4 nitrogen and oxygen atoms in total. The smallest absolute Gasteiger partial charge is 0.202 e. The van der Waals surface area contributed by atoms with E-state index < -0.39 is 10.2 Å². The van der Waals surface area contributed by atoms with Crippen LogP contribution in [0.4, 0.5) is 0 Å². The second-order valence-corrected chi connectivity index (χ2v) is 6.85. The van der Waals surface area contributed by atoms with E-state index in [1.165, 1.54) is 18.4 Å². The molecule has 0 aromatic carbocycles. The van der Waals surface area contributed by atoms with Crippen LogP contribution in [0.2, 0.25) is 0 Å². The van der Waals surface area contributed by atoms with Gasteiger partial charge >= 0.3 is 0 Å². The van der Waals surface area contributed by atoms with Gasteiger partial charge in [0.25, 0.3) is 10.2 Å². The van der Waals surface area contributed by atoms with Gasteiger partial charge in [0.1, 0.15) is 0 Å². The lowest BCUT2D eigenvalue weighted by molar-refractivity contribution is 0.358. The Morgan fingerprint density at radius 3 is 2.60 bits per heavy atom. The number of nitrogens with one attached hydrogen (secondary N) is 1. The summed E-state index contributed by atoms with van der Waals surface area (Å²) in [6, 6.07) is 0. The van der Waals surface area contributed by atoms with Gasteiger partial charge < -0.3 is 0 Å². The van der Waals surface area contributed by atoms with Crippen molar-refractivity contribution < 1.29 is 8.42 Å². The molecule has 1 saturated carbocycles. The predicted octanol–water partition coefficient (Wildman–Crippen LogP) is 1.18. The Hall–Kier alpha value is 0.160. The molecule has 2 unspecified atom stereocenters. The molecule has 0 spiro atoms. The zero-order chi connectivity index (χ0) is 11.5. The first-order valence-corrected chi connectivity index (χ1v) is 7.10. The van der Waals surface area contributed by atoms with Crippen LogP contribution in [-0.2, 0) is 10.2 Å². The summed E-state index contributed by atoms with van der Waals surface area (Å²) in [5.74, 6) is 0.385. The van der Waals surface area contributed by atoms with E-state index in [9.17, 15) is 8.42 Å². The van der Waals surface area contributed by atoms with Crippen molar-refractivity contribution in [2.75, 3.05) is 20.6 Å². The molecule has 0 amide bonds. The molecule has 1 rings (SSSR count). The zero-order valence-corrected chi connectivity index (χ0v) is 10.8. The standard InChI is InChI=1S/C9H19ClN2O2S/c1-12(2)15(13,14)11-7-8-4-3-5-9(10)6-8/h8-9,11H,3-7H2,1-2H3. The average molecular weight is 255 g/mol. The molecule has 0 radical (unpaired) electrons. The van der Waals surface area contributed by atoms with Gasteiger partial charge in [0, 0.05) is 26.0 Å². The highest BCUT2D eigenvalue weighted by atomic mass is 35.5. The first-order chi connectivity index (χ1) is 6.92. The van der Waals surface area contributed by atoms with Crippen LogP contribution in [0.3, 0.4) is 0 Å². The van der Waals surface area contributed by atoms with E-state index in [1.54, 1.807) is 0 Å². The molecule has 1 aliphatic rings. The van der Waals surface area contributed by atoms with Gasteiger partial charge in [-0.05, 0) is 25.2 Å². The van der Waals surface area contributed by atoms with Crippen LogP contribution in [0.5, 0.6) is 0 Å². The Morgan fingerprint density at radius 2 is 2.07 bits per heavy atom. The van der Waals surface area contributed by atoms with Crippen LogP contribution in [0, 0.1) is 5.92 Å². The highest BCUT2D eigenvalue weighted by molar-refractivity contribution is 7.87. The molecule has 15 heavy (non-hydrogen) atoms. The highest BCUT2D eigenvalue weighted by Crippen LogP contribution is 2.27. The summed E-state index contributed by atoms with van der Waals surface area (Å²) in [5.41, 5.74) is 0. The Bertz CT molecular complexity index is 292. The molecule has 2 atom stereocenters. The number of halogens is 1. The molecule has 0 bridgehead atoms. The van der Waals surface area contributed by atoms with Crippen molar-refractivity contribution in [3.05, 3.63) is 0 Å². The van der Waals surface area contributed by atoms with E-state index in [0.29, 0.717) is 12.5 Å². The zero-order valence-electron chi connectivity index (χ0n) is 9.24. The fraction of sp³-hybridized carbons (Fsp3) is 1.00. The summed E-state index contributed by atoms with van der Waals surface area (Å²) >= 11 is 6.04. The molecule has 1 fully saturated rings. The SMILES string of the molecule is CN(C)S(=O)(=O)NCC1CCCC(Cl)C1. The molecular formula is C9H19ClN2O2S. The fourth-order valence-corrected chi connectivity index (χ4v) is 2.87. The Morgan fingerprint density at radius 1 is 1.40 bits per heavy atom. The third-order valence-electron chi connectivity index (χ3n) is 2.75. The molecule has 0 aliphatic heterocycles. The van der Waals surface area contributed by atoms with Gasteiger partial charge in [-0.15, -0.1) is 11.6 Å². The maximum absolute atomic E-state index is 11.4. The van der Waals surface area contributed by atoms with Crippen molar-refractivity contribution in [1.82, 2.24) is 9.03 Å². The van der Waals surface area contributed by atoms with E-state index in [0.717, 1.165) is 25.7 Å². The minimum atomic E-state index is -3.27. The van der Waals surface area contributed by atoms with E-state index in [-0.39, 0.29) is 5.38 Å². The van der Waals surface area contributed by atoms with Gasteiger partial charge in [-0.25, -0.2) is 4.72 Å². The molecule has 1 N–H and O–H groups in total. The Labute approximate surface area is 97.2 Å². The van der Waals surface area contributed by atoms with E-state index in [1.807, 2.05) is 0 Å². The van der Waals surface area contributed by atoms with Gasteiger partial charge in [-0.1, -0.05) is 6.42 Å². The first kappa shape index (κ1) is 13.2.